The fourth-order valence-electron chi connectivity index (χ4n) is 1.18. The summed E-state index contributed by atoms with van der Waals surface area (Å²) in [6, 6.07) is 2.96. The van der Waals surface area contributed by atoms with E-state index in [1.807, 2.05) is 0 Å². The van der Waals surface area contributed by atoms with Crippen LogP contribution in [0.15, 0.2) is 12.1 Å². The third-order valence-corrected chi connectivity index (χ3v) is 2.44. The molecular formula is C9H14N2O4S. The fourth-order valence-corrected chi connectivity index (χ4v) is 1.76. The molecule has 7 heteroatoms. The second-order valence-electron chi connectivity index (χ2n) is 3.17. The Morgan fingerprint density at radius 2 is 1.69 bits per heavy atom. The van der Waals surface area contributed by atoms with Crippen molar-refractivity contribution in [2.75, 3.05) is 30.9 Å². The maximum atomic E-state index is 11.1. The summed E-state index contributed by atoms with van der Waals surface area (Å²) in [4.78, 5) is 0. The van der Waals surface area contributed by atoms with E-state index in [4.69, 9.17) is 15.2 Å². The van der Waals surface area contributed by atoms with Gasteiger partial charge in [0.15, 0.2) is 11.5 Å². The summed E-state index contributed by atoms with van der Waals surface area (Å²) in [5.41, 5.74) is 6.20. The number of nitrogens with two attached hydrogens (primary N) is 1. The zero-order valence-electron chi connectivity index (χ0n) is 9.27. The molecule has 0 atom stereocenters. The average Bonchev–Trinajstić information content (AvgIpc) is 2.18. The molecule has 1 rings (SSSR count). The summed E-state index contributed by atoms with van der Waals surface area (Å²) >= 11 is 0. The van der Waals surface area contributed by atoms with Crippen LogP contribution < -0.4 is 19.9 Å². The highest BCUT2D eigenvalue weighted by Crippen LogP contribution is 2.34. The zero-order chi connectivity index (χ0) is 12.3. The lowest BCUT2D eigenvalue weighted by Crippen LogP contribution is -2.11. The van der Waals surface area contributed by atoms with E-state index < -0.39 is 10.0 Å². The van der Waals surface area contributed by atoms with E-state index in [0.717, 1.165) is 6.26 Å². The van der Waals surface area contributed by atoms with Gasteiger partial charge in [-0.3, -0.25) is 4.72 Å². The number of nitrogen functional groups attached to an aromatic ring is 1. The monoisotopic (exact) mass is 246 g/mol. The topological polar surface area (TPSA) is 90.6 Å². The lowest BCUT2D eigenvalue weighted by Gasteiger charge is -2.12. The normalized spacial score (nSPS) is 10.9. The van der Waals surface area contributed by atoms with Crippen LogP contribution in [0.5, 0.6) is 11.5 Å². The van der Waals surface area contributed by atoms with Crippen LogP contribution in [0.1, 0.15) is 0 Å². The Morgan fingerprint density at radius 3 is 2.12 bits per heavy atom. The van der Waals surface area contributed by atoms with Gasteiger partial charge in [0, 0.05) is 12.1 Å². The molecule has 0 aliphatic heterocycles. The molecule has 0 fully saturated rings. The minimum Gasteiger partial charge on any atom is -0.493 e. The van der Waals surface area contributed by atoms with Crippen LogP contribution in [-0.2, 0) is 10.0 Å². The first kappa shape index (κ1) is 12.4. The van der Waals surface area contributed by atoms with Crippen LogP contribution in [0.3, 0.4) is 0 Å². The van der Waals surface area contributed by atoms with E-state index in [9.17, 15) is 8.42 Å². The molecule has 0 aromatic heterocycles. The first-order chi connectivity index (χ1) is 7.37. The molecular weight excluding hydrogens is 232 g/mol. The molecule has 0 heterocycles. The van der Waals surface area contributed by atoms with Gasteiger partial charge in [0.25, 0.3) is 0 Å². The Balaban J connectivity index is 3.21. The Labute approximate surface area is 94.4 Å². The lowest BCUT2D eigenvalue weighted by atomic mass is 10.2. The maximum absolute atomic E-state index is 11.1. The van der Waals surface area contributed by atoms with Gasteiger partial charge >= 0.3 is 0 Å². The van der Waals surface area contributed by atoms with E-state index in [-0.39, 0.29) is 11.4 Å². The van der Waals surface area contributed by atoms with Gasteiger partial charge in [-0.1, -0.05) is 0 Å². The van der Waals surface area contributed by atoms with Crippen molar-refractivity contribution in [3.63, 3.8) is 0 Å². The number of rotatable bonds is 4. The third-order valence-electron chi connectivity index (χ3n) is 1.85. The highest BCUT2D eigenvalue weighted by molar-refractivity contribution is 7.92. The van der Waals surface area contributed by atoms with Crippen molar-refractivity contribution in [3.8, 4) is 11.5 Å². The van der Waals surface area contributed by atoms with Crippen LogP contribution >= 0.6 is 0 Å². The summed E-state index contributed by atoms with van der Waals surface area (Å²) in [5.74, 6) is 0.849. The Kier molecular flexibility index (Phi) is 3.48. The number of methoxy groups -OCH3 is 2. The molecule has 0 radical (unpaired) electrons. The van der Waals surface area contributed by atoms with Crippen molar-refractivity contribution >= 4 is 21.4 Å². The van der Waals surface area contributed by atoms with Gasteiger partial charge in [-0.15, -0.1) is 0 Å². The standard InChI is InChI=1S/C9H14N2O4S/c1-14-8-4-6(10)7(5-9(8)15-2)11-16(3,12)13/h4-5,11H,10H2,1-3H3. The minimum absolute atomic E-state index is 0.264. The quantitative estimate of drug-likeness (QED) is 0.761. The van der Waals surface area contributed by atoms with Crippen molar-refractivity contribution in [1.29, 1.82) is 0 Å². The van der Waals surface area contributed by atoms with Crippen LogP contribution in [0.4, 0.5) is 11.4 Å². The summed E-state index contributed by atoms with van der Waals surface area (Å²) in [5, 5.41) is 0. The highest BCUT2D eigenvalue weighted by Gasteiger charge is 2.11. The van der Waals surface area contributed by atoms with Gasteiger partial charge in [-0.2, -0.15) is 0 Å². The summed E-state index contributed by atoms with van der Waals surface area (Å²) in [6.07, 6.45) is 1.04. The van der Waals surface area contributed by atoms with Gasteiger partial charge in [-0.25, -0.2) is 8.42 Å². The van der Waals surface area contributed by atoms with E-state index >= 15 is 0 Å². The van der Waals surface area contributed by atoms with Gasteiger partial charge in [0.2, 0.25) is 10.0 Å². The van der Waals surface area contributed by atoms with Crippen molar-refractivity contribution in [2.45, 2.75) is 0 Å². The van der Waals surface area contributed by atoms with Crippen molar-refractivity contribution < 1.29 is 17.9 Å². The molecule has 0 saturated heterocycles. The average molecular weight is 246 g/mol. The highest BCUT2D eigenvalue weighted by atomic mass is 32.2. The molecule has 3 N–H and O–H groups in total. The fraction of sp³-hybridized carbons (Fsp3) is 0.333. The van der Waals surface area contributed by atoms with Crippen LogP contribution in [0.25, 0.3) is 0 Å². The first-order valence-corrected chi connectivity index (χ1v) is 6.26. The van der Waals surface area contributed by atoms with Gasteiger partial charge in [0.1, 0.15) is 0 Å². The van der Waals surface area contributed by atoms with Crippen molar-refractivity contribution in [1.82, 2.24) is 0 Å². The molecule has 0 unspecified atom stereocenters. The SMILES string of the molecule is COc1cc(N)c(NS(C)(=O)=O)cc1OC. The molecule has 0 bridgehead atoms. The van der Waals surface area contributed by atoms with E-state index in [1.54, 1.807) is 0 Å². The van der Waals surface area contributed by atoms with Crippen molar-refractivity contribution in [3.05, 3.63) is 12.1 Å². The zero-order valence-corrected chi connectivity index (χ0v) is 10.1. The molecule has 6 nitrogen and oxygen atoms in total. The van der Waals surface area contributed by atoms with Gasteiger partial charge < -0.3 is 15.2 Å². The molecule has 90 valence electrons. The van der Waals surface area contributed by atoms with E-state index in [1.165, 1.54) is 26.4 Å². The second kappa shape index (κ2) is 4.48. The molecule has 0 spiro atoms. The molecule has 0 aliphatic carbocycles. The first-order valence-electron chi connectivity index (χ1n) is 4.36. The second-order valence-corrected chi connectivity index (χ2v) is 4.92. The van der Waals surface area contributed by atoms with E-state index in [2.05, 4.69) is 4.72 Å². The smallest absolute Gasteiger partial charge is 0.229 e. The summed E-state index contributed by atoms with van der Waals surface area (Å²) < 4.78 is 34.5. The third kappa shape index (κ3) is 2.93. The summed E-state index contributed by atoms with van der Waals surface area (Å²) in [6.45, 7) is 0. The number of hydrogen-bond donors (Lipinski definition) is 2. The summed E-state index contributed by atoms with van der Waals surface area (Å²) in [7, 11) is -0.441. The van der Waals surface area contributed by atoms with Crippen LogP contribution in [0, 0.1) is 0 Å². The maximum Gasteiger partial charge on any atom is 0.229 e. The Bertz CT molecular complexity index is 485. The minimum atomic E-state index is -3.37. The molecule has 0 saturated carbocycles. The van der Waals surface area contributed by atoms with Gasteiger partial charge in [-0.05, 0) is 0 Å². The largest absolute Gasteiger partial charge is 0.493 e. The molecule has 0 aliphatic rings. The molecule has 1 aromatic carbocycles. The number of nitrogens with one attached hydrogen (secondary N) is 1. The number of benzene rings is 1. The Morgan fingerprint density at radius 1 is 1.19 bits per heavy atom. The predicted molar refractivity (Wildman–Crippen MR) is 62.4 cm³/mol. The number of anilines is 2. The molecule has 16 heavy (non-hydrogen) atoms. The molecule has 1 aromatic rings. The molecule has 0 amide bonds. The number of sulfonamides is 1. The van der Waals surface area contributed by atoms with E-state index in [0.29, 0.717) is 11.5 Å². The lowest BCUT2D eigenvalue weighted by molar-refractivity contribution is 0.355. The predicted octanol–water partition coefficient (Wildman–Crippen LogP) is 0.657. The number of ether oxygens (including phenoxy) is 2. The van der Waals surface area contributed by atoms with Crippen LogP contribution in [0.2, 0.25) is 0 Å². The van der Waals surface area contributed by atoms with Gasteiger partial charge in [0.05, 0.1) is 31.9 Å². The Hall–Kier alpha value is -1.63. The number of hydrogen-bond acceptors (Lipinski definition) is 5. The van der Waals surface area contributed by atoms with Crippen molar-refractivity contribution in [2.24, 2.45) is 0 Å². The van der Waals surface area contributed by atoms with Crippen LogP contribution in [-0.4, -0.2) is 28.9 Å².